The third-order valence-corrected chi connectivity index (χ3v) is 2.03. The van der Waals surface area contributed by atoms with Crippen LogP contribution in [0.15, 0.2) is 12.5 Å². The van der Waals surface area contributed by atoms with E-state index in [0.29, 0.717) is 0 Å². The molecule has 0 aromatic carbocycles. The molecule has 0 bridgehead atoms. The Morgan fingerprint density at radius 1 is 1.29 bits per heavy atom. The fraction of sp³-hybridized carbons (Fsp3) is 0.444. The smallest absolute Gasteiger partial charge is 0.222 e. The molecule has 74 valence electrons. The van der Waals surface area contributed by atoms with Crippen molar-refractivity contribution in [3.05, 3.63) is 12.5 Å². The van der Waals surface area contributed by atoms with Gasteiger partial charge in [-0.25, -0.2) is 9.97 Å². The van der Waals surface area contributed by atoms with Crippen molar-refractivity contribution in [3.63, 3.8) is 0 Å². The zero-order chi connectivity index (χ0) is 10.3. The Labute approximate surface area is 82.0 Å². The van der Waals surface area contributed by atoms with Gasteiger partial charge in [-0.15, -0.1) is 0 Å². The van der Waals surface area contributed by atoms with Gasteiger partial charge in [0.15, 0.2) is 5.65 Å². The van der Waals surface area contributed by atoms with Gasteiger partial charge >= 0.3 is 0 Å². The highest BCUT2D eigenvalue weighted by molar-refractivity contribution is 5.70. The van der Waals surface area contributed by atoms with Crippen LogP contribution in [0.2, 0.25) is 0 Å². The first kappa shape index (κ1) is 8.93. The molecule has 0 saturated carbocycles. The third kappa shape index (κ3) is 1.30. The molecule has 0 aliphatic heterocycles. The maximum absolute atomic E-state index is 5.53. The fourth-order valence-electron chi connectivity index (χ4n) is 1.31. The topological polar surface area (TPSA) is 69.6 Å². The number of hydrogen-bond acceptors (Lipinski definition) is 4. The summed E-state index contributed by atoms with van der Waals surface area (Å²) in [5.41, 5.74) is 7.04. The summed E-state index contributed by atoms with van der Waals surface area (Å²) in [4.78, 5) is 12.3. The molecule has 2 aromatic heterocycles. The zero-order valence-electron chi connectivity index (χ0n) is 8.52. The lowest BCUT2D eigenvalue weighted by Gasteiger charge is -2.20. The molecule has 0 aliphatic carbocycles. The Kier molecular flexibility index (Phi) is 1.70. The first-order valence-corrected chi connectivity index (χ1v) is 4.44. The Morgan fingerprint density at radius 2 is 2.00 bits per heavy atom. The summed E-state index contributed by atoms with van der Waals surface area (Å²) in [5, 5.41) is 0. The molecule has 2 rings (SSSR count). The van der Waals surface area contributed by atoms with Crippen molar-refractivity contribution in [2.75, 3.05) is 5.73 Å². The molecule has 0 radical (unpaired) electrons. The maximum atomic E-state index is 5.53. The lowest BCUT2D eigenvalue weighted by atomic mass is 10.1. The molecule has 0 unspecified atom stereocenters. The molecule has 0 spiro atoms. The first-order chi connectivity index (χ1) is 6.48. The summed E-state index contributed by atoms with van der Waals surface area (Å²) in [6.07, 6.45) is 3.40. The number of nitrogens with two attached hydrogens (primary N) is 1. The predicted octanol–water partition coefficient (Wildman–Crippen LogP) is 1.16. The number of nitrogens with zero attached hydrogens (tertiary/aromatic N) is 4. The number of fused-ring (bicyclic) bond motifs is 1. The van der Waals surface area contributed by atoms with E-state index in [-0.39, 0.29) is 11.5 Å². The van der Waals surface area contributed by atoms with Crippen molar-refractivity contribution in [3.8, 4) is 0 Å². The van der Waals surface area contributed by atoms with Crippen LogP contribution in [-0.2, 0) is 5.54 Å². The second kappa shape index (κ2) is 2.67. The van der Waals surface area contributed by atoms with Crippen molar-refractivity contribution in [1.29, 1.82) is 0 Å². The number of nitrogen functional groups attached to an aromatic ring is 1. The van der Waals surface area contributed by atoms with Gasteiger partial charge in [0.05, 0.1) is 12.5 Å². The van der Waals surface area contributed by atoms with Crippen LogP contribution in [0.1, 0.15) is 20.8 Å². The SMILES string of the molecule is CC(C)(C)n1cnc2cnc(N)nc21. The van der Waals surface area contributed by atoms with Crippen LogP contribution in [0.3, 0.4) is 0 Å². The van der Waals surface area contributed by atoms with Gasteiger partial charge in [-0.2, -0.15) is 4.98 Å². The molecule has 0 saturated heterocycles. The number of rotatable bonds is 0. The summed E-state index contributed by atoms with van der Waals surface area (Å²) in [7, 11) is 0. The Bertz CT molecular complexity index is 465. The summed E-state index contributed by atoms with van der Waals surface area (Å²) in [5.74, 6) is 0.281. The molecule has 14 heavy (non-hydrogen) atoms. The van der Waals surface area contributed by atoms with Gasteiger partial charge in [0, 0.05) is 5.54 Å². The largest absolute Gasteiger partial charge is 0.368 e. The van der Waals surface area contributed by atoms with E-state index in [1.54, 1.807) is 12.5 Å². The molecular formula is C9H13N5. The van der Waals surface area contributed by atoms with Crippen LogP contribution in [0, 0.1) is 0 Å². The van der Waals surface area contributed by atoms with Crippen LogP contribution in [-0.4, -0.2) is 19.5 Å². The van der Waals surface area contributed by atoms with E-state index in [1.165, 1.54) is 0 Å². The number of anilines is 1. The van der Waals surface area contributed by atoms with Crippen LogP contribution in [0.5, 0.6) is 0 Å². The molecular weight excluding hydrogens is 178 g/mol. The van der Waals surface area contributed by atoms with Gasteiger partial charge in [0.1, 0.15) is 5.52 Å². The first-order valence-electron chi connectivity index (χ1n) is 4.44. The van der Waals surface area contributed by atoms with Gasteiger partial charge in [-0.1, -0.05) is 0 Å². The van der Waals surface area contributed by atoms with E-state index in [4.69, 9.17) is 5.73 Å². The molecule has 2 heterocycles. The van der Waals surface area contributed by atoms with Crippen LogP contribution >= 0.6 is 0 Å². The standard InChI is InChI=1S/C9H13N5/c1-9(2,3)14-5-12-6-4-11-8(10)13-7(6)14/h4-5H,1-3H3,(H2,10,11,13). The maximum Gasteiger partial charge on any atom is 0.222 e. The summed E-state index contributed by atoms with van der Waals surface area (Å²) in [6, 6.07) is 0. The van der Waals surface area contributed by atoms with Gasteiger partial charge in [-0.05, 0) is 20.8 Å². The number of aromatic nitrogens is 4. The predicted molar refractivity (Wildman–Crippen MR) is 54.7 cm³/mol. The molecule has 0 aliphatic rings. The zero-order valence-corrected chi connectivity index (χ0v) is 8.52. The van der Waals surface area contributed by atoms with E-state index in [9.17, 15) is 0 Å². The molecule has 5 nitrogen and oxygen atoms in total. The second-order valence-electron chi connectivity index (χ2n) is 4.22. The Hall–Kier alpha value is -1.65. The number of imidazole rings is 1. The molecule has 0 fully saturated rings. The lowest BCUT2D eigenvalue weighted by molar-refractivity contribution is 0.406. The Balaban J connectivity index is 2.73. The number of hydrogen-bond donors (Lipinski definition) is 1. The minimum atomic E-state index is -0.0461. The van der Waals surface area contributed by atoms with Gasteiger partial charge in [0.25, 0.3) is 0 Å². The fourth-order valence-corrected chi connectivity index (χ4v) is 1.31. The van der Waals surface area contributed by atoms with E-state index in [0.717, 1.165) is 11.2 Å². The van der Waals surface area contributed by atoms with Crippen LogP contribution in [0.25, 0.3) is 11.2 Å². The molecule has 0 atom stereocenters. The second-order valence-corrected chi connectivity index (χ2v) is 4.22. The van der Waals surface area contributed by atoms with Crippen LogP contribution < -0.4 is 5.73 Å². The highest BCUT2D eigenvalue weighted by Crippen LogP contribution is 2.19. The summed E-state index contributed by atoms with van der Waals surface area (Å²) >= 11 is 0. The third-order valence-electron chi connectivity index (χ3n) is 2.03. The average Bonchev–Trinajstić information content (AvgIpc) is 2.45. The van der Waals surface area contributed by atoms with Crippen molar-refractivity contribution >= 4 is 17.1 Å². The van der Waals surface area contributed by atoms with E-state index in [1.807, 2.05) is 4.57 Å². The monoisotopic (exact) mass is 191 g/mol. The quantitative estimate of drug-likeness (QED) is 0.678. The van der Waals surface area contributed by atoms with Crippen LogP contribution in [0.4, 0.5) is 5.95 Å². The minimum absolute atomic E-state index is 0.0461. The minimum Gasteiger partial charge on any atom is -0.368 e. The molecule has 0 amide bonds. The van der Waals surface area contributed by atoms with Gasteiger partial charge < -0.3 is 10.3 Å². The van der Waals surface area contributed by atoms with Crippen molar-refractivity contribution < 1.29 is 0 Å². The molecule has 5 heteroatoms. The lowest BCUT2D eigenvalue weighted by Crippen LogP contribution is -2.21. The van der Waals surface area contributed by atoms with E-state index in [2.05, 4.69) is 35.7 Å². The van der Waals surface area contributed by atoms with Crippen molar-refractivity contribution in [2.24, 2.45) is 0 Å². The van der Waals surface area contributed by atoms with E-state index < -0.39 is 0 Å². The highest BCUT2D eigenvalue weighted by Gasteiger charge is 2.17. The van der Waals surface area contributed by atoms with Gasteiger partial charge in [0.2, 0.25) is 5.95 Å². The summed E-state index contributed by atoms with van der Waals surface area (Å²) in [6.45, 7) is 6.27. The average molecular weight is 191 g/mol. The summed E-state index contributed by atoms with van der Waals surface area (Å²) < 4.78 is 1.99. The van der Waals surface area contributed by atoms with E-state index >= 15 is 0 Å². The van der Waals surface area contributed by atoms with Crippen molar-refractivity contribution in [1.82, 2.24) is 19.5 Å². The molecule has 2 aromatic rings. The van der Waals surface area contributed by atoms with Gasteiger partial charge in [-0.3, -0.25) is 0 Å². The Morgan fingerprint density at radius 3 is 2.64 bits per heavy atom. The highest BCUT2D eigenvalue weighted by atomic mass is 15.2. The van der Waals surface area contributed by atoms with Crippen molar-refractivity contribution in [2.45, 2.75) is 26.3 Å². The molecule has 2 N–H and O–H groups in total. The normalized spacial score (nSPS) is 12.2.